The van der Waals surface area contributed by atoms with Crippen molar-refractivity contribution in [1.82, 2.24) is 20.4 Å². The first-order chi connectivity index (χ1) is 11.6. The molecule has 0 saturated carbocycles. The van der Waals surface area contributed by atoms with Crippen LogP contribution in [0.2, 0.25) is 0 Å². The summed E-state index contributed by atoms with van der Waals surface area (Å²) in [5.74, 6) is 0.941. The van der Waals surface area contributed by atoms with Crippen LogP contribution in [0.25, 0.3) is 0 Å². The number of benzene rings is 1. The summed E-state index contributed by atoms with van der Waals surface area (Å²) in [4.78, 5) is 6.51. The smallest absolute Gasteiger partial charge is 0.223 e. The highest BCUT2D eigenvalue weighted by Crippen LogP contribution is 2.15. The molecule has 1 aromatic carbocycles. The fraction of sp³-hybridized carbons (Fsp3) is 0.471. The van der Waals surface area contributed by atoms with Crippen molar-refractivity contribution in [2.24, 2.45) is 0 Å². The molecule has 24 heavy (non-hydrogen) atoms. The van der Waals surface area contributed by atoms with Crippen molar-refractivity contribution < 1.29 is 8.91 Å². The maximum atomic E-state index is 13.9. The summed E-state index contributed by atoms with van der Waals surface area (Å²) < 4.78 is 18.9. The molecule has 0 unspecified atom stereocenters. The number of nitrogens with one attached hydrogen (secondary N) is 1. The van der Waals surface area contributed by atoms with Gasteiger partial charge in [0.05, 0.1) is 18.2 Å². The van der Waals surface area contributed by atoms with Crippen molar-refractivity contribution in [2.45, 2.75) is 38.9 Å². The third-order valence-electron chi connectivity index (χ3n) is 4.20. The first-order valence-corrected chi connectivity index (χ1v) is 8.07. The van der Waals surface area contributed by atoms with Crippen LogP contribution in [0.1, 0.15) is 35.7 Å². The van der Waals surface area contributed by atoms with E-state index in [0.29, 0.717) is 42.0 Å². The van der Waals surface area contributed by atoms with Gasteiger partial charge < -0.3 is 9.84 Å². The summed E-state index contributed by atoms with van der Waals surface area (Å²) in [5, 5.41) is 16.1. The molecular formula is C17H20FN5O. The van der Waals surface area contributed by atoms with E-state index in [1.165, 1.54) is 6.07 Å². The van der Waals surface area contributed by atoms with Crippen LogP contribution in [0.4, 0.5) is 4.39 Å². The van der Waals surface area contributed by atoms with Crippen molar-refractivity contribution in [2.75, 3.05) is 13.1 Å². The monoisotopic (exact) mass is 329 g/mol. The highest BCUT2D eigenvalue weighted by atomic mass is 19.1. The number of aromatic nitrogens is 2. The second kappa shape index (κ2) is 7.51. The topological polar surface area (TPSA) is 78.0 Å². The summed E-state index contributed by atoms with van der Waals surface area (Å²) in [7, 11) is 0. The van der Waals surface area contributed by atoms with Gasteiger partial charge in [0.2, 0.25) is 5.89 Å². The Morgan fingerprint density at radius 1 is 1.50 bits per heavy atom. The van der Waals surface area contributed by atoms with Crippen LogP contribution in [0, 0.1) is 24.1 Å². The molecule has 2 aromatic rings. The van der Waals surface area contributed by atoms with Crippen molar-refractivity contribution in [3.05, 3.63) is 46.9 Å². The molecule has 1 fully saturated rings. The average Bonchev–Trinajstić information content (AvgIpc) is 2.99. The van der Waals surface area contributed by atoms with Crippen LogP contribution in [0.5, 0.6) is 0 Å². The lowest BCUT2D eigenvalue weighted by atomic mass is 10.0. The first kappa shape index (κ1) is 16.6. The summed E-state index contributed by atoms with van der Waals surface area (Å²) in [6.45, 7) is 4.77. The van der Waals surface area contributed by atoms with Gasteiger partial charge in [-0.25, -0.2) is 4.39 Å². The van der Waals surface area contributed by atoms with Gasteiger partial charge in [-0.1, -0.05) is 11.2 Å². The molecule has 1 atom stereocenters. The normalized spacial score (nSPS) is 18.5. The van der Waals surface area contributed by atoms with Crippen LogP contribution in [-0.2, 0) is 13.1 Å². The zero-order valence-corrected chi connectivity index (χ0v) is 13.6. The van der Waals surface area contributed by atoms with Gasteiger partial charge in [-0.05, 0) is 31.5 Å². The van der Waals surface area contributed by atoms with E-state index in [1.54, 1.807) is 19.1 Å². The Balaban J connectivity index is 1.53. The van der Waals surface area contributed by atoms with E-state index < -0.39 is 0 Å². The molecule has 7 heteroatoms. The molecule has 6 nitrogen and oxygen atoms in total. The van der Waals surface area contributed by atoms with Gasteiger partial charge in [0, 0.05) is 31.6 Å². The van der Waals surface area contributed by atoms with E-state index in [0.717, 1.165) is 25.9 Å². The van der Waals surface area contributed by atoms with Gasteiger partial charge in [-0.2, -0.15) is 10.2 Å². The number of nitrogens with zero attached hydrogens (tertiary/aromatic N) is 4. The second-order valence-electron chi connectivity index (χ2n) is 6.10. The zero-order chi connectivity index (χ0) is 16.9. The Morgan fingerprint density at radius 2 is 2.38 bits per heavy atom. The number of hydrogen-bond donors (Lipinski definition) is 1. The second-order valence-corrected chi connectivity index (χ2v) is 6.10. The van der Waals surface area contributed by atoms with E-state index in [4.69, 9.17) is 9.78 Å². The highest BCUT2D eigenvalue weighted by Gasteiger charge is 2.21. The number of piperidine rings is 1. The largest absolute Gasteiger partial charge is 0.340 e. The molecule has 0 spiro atoms. The van der Waals surface area contributed by atoms with Crippen molar-refractivity contribution >= 4 is 0 Å². The molecule has 0 bridgehead atoms. The number of nitriles is 1. The number of aryl methyl sites for hydroxylation is 1. The fourth-order valence-corrected chi connectivity index (χ4v) is 2.99. The SMILES string of the molecule is Cc1nc(CN2CCC[C@H](NCc3ccc(C#N)cc3F)C2)no1. The number of likely N-dealkylation sites (tertiary alicyclic amines) is 1. The number of hydrogen-bond acceptors (Lipinski definition) is 6. The van der Waals surface area contributed by atoms with Gasteiger partial charge in [0.25, 0.3) is 0 Å². The fourth-order valence-electron chi connectivity index (χ4n) is 2.99. The molecule has 0 amide bonds. The highest BCUT2D eigenvalue weighted by molar-refractivity contribution is 5.32. The van der Waals surface area contributed by atoms with E-state index in [2.05, 4.69) is 20.4 Å². The molecule has 126 valence electrons. The molecule has 0 radical (unpaired) electrons. The Hall–Kier alpha value is -2.30. The van der Waals surface area contributed by atoms with Gasteiger partial charge in [0.15, 0.2) is 5.82 Å². The van der Waals surface area contributed by atoms with Crippen LogP contribution in [-0.4, -0.2) is 34.2 Å². The van der Waals surface area contributed by atoms with Gasteiger partial charge in [-0.3, -0.25) is 4.90 Å². The number of rotatable bonds is 5. The van der Waals surface area contributed by atoms with Crippen molar-refractivity contribution in [3.8, 4) is 6.07 Å². The van der Waals surface area contributed by atoms with E-state index in [1.807, 2.05) is 6.07 Å². The standard InChI is InChI=1S/C17H20FN5O/c1-12-21-17(22-24-12)11-23-6-2-3-15(10-23)20-9-14-5-4-13(8-19)7-16(14)18/h4-5,7,15,20H,2-3,6,9-11H2,1H3/t15-/m0/s1. The van der Waals surface area contributed by atoms with E-state index >= 15 is 0 Å². The summed E-state index contributed by atoms with van der Waals surface area (Å²) in [5.41, 5.74) is 0.926. The van der Waals surface area contributed by atoms with Crippen LogP contribution in [0.3, 0.4) is 0 Å². The third kappa shape index (κ3) is 4.16. The maximum absolute atomic E-state index is 13.9. The van der Waals surface area contributed by atoms with E-state index in [9.17, 15) is 4.39 Å². The predicted octanol–water partition coefficient (Wildman–Crippen LogP) is 2.14. The Labute approximate surface area is 140 Å². The first-order valence-electron chi connectivity index (χ1n) is 8.07. The Kier molecular flexibility index (Phi) is 5.18. The molecule has 1 aliphatic rings. The molecule has 1 saturated heterocycles. The van der Waals surface area contributed by atoms with Gasteiger partial charge >= 0.3 is 0 Å². The van der Waals surface area contributed by atoms with Crippen LogP contribution >= 0.6 is 0 Å². The van der Waals surface area contributed by atoms with Gasteiger partial charge in [-0.15, -0.1) is 0 Å². The van der Waals surface area contributed by atoms with Crippen LogP contribution in [0.15, 0.2) is 22.7 Å². The predicted molar refractivity (Wildman–Crippen MR) is 85.3 cm³/mol. The molecule has 1 N–H and O–H groups in total. The Bertz CT molecular complexity index is 739. The van der Waals surface area contributed by atoms with Crippen LogP contribution < -0.4 is 5.32 Å². The number of halogens is 1. The summed E-state index contributed by atoms with van der Waals surface area (Å²) in [6, 6.07) is 6.83. The lowest BCUT2D eigenvalue weighted by Gasteiger charge is -2.32. The summed E-state index contributed by atoms with van der Waals surface area (Å²) in [6.07, 6.45) is 2.13. The lowest BCUT2D eigenvalue weighted by molar-refractivity contribution is 0.177. The molecule has 3 rings (SSSR count). The molecule has 0 aliphatic carbocycles. The van der Waals surface area contributed by atoms with Crippen molar-refractivity contribution in [3.63, 3.8) is 0 Å². The summed E-state index contributed by atoms with van der Waals surface area (Å²) >= 11 is 0. The quantitative estimate of drug-likeness (QED) is 0.905. The van der Waals surface area contributed by atoms with Gasteiger partial charge in [0.1, 0.15) is 5.82 Å². The lowest BCUT2D eigenvalue weighted by Crippen LogP contribution is -2.45. The third-order valence-corrected chi connectivity index (χ3v) is 4.20. The van der Waals surface area contributed by atoms with Crippen molar-refractivity contribution in [1.29, 1.82) is 5.26 Å². The zero-order valence-electron chi connectivity index (χ0n) is 13.6. The Morgan fingerprint density at radius 3 is 3.08 bits per heavy atom. The molecule has 1 aliphatic heterocycles. The minimum absolute atomic E-state index is 0.293. The minimum Gasteiger partial charge on any atom is -0.340 e. The average molecular weight is 329 g/mol. The van der Waals surface area contributed by atoms with E-state index in [-0.39, 0.29) is 5.82 Å². The molecule has 1 aromatic heterocycles. The minimum atomic E-state index is -0.337. The molecule has 2 heterocycles. The maximum Gasteiger partial charge on any atom is 0.223 e. The molecular weight excluding hydrogens is 309 g/mol.